The summed E-state index contributed by atoms with van der Waals surface area (Å²) < 4.78 is 0. The summed E-state index contributed by atoms with van der Waals surface area (Å²) in [5, 5.41) is 4.89. The highest BCUT2D eigenvalue weighted by molar-refractivity contribution is 7.80. The predicted molar refractivity (Wildman–Crippen MR) is 77.2 cm³/mol. The zero-order valence-corrected chi connectivity index (χ0v) is 12.2. The van der Waals surface area contributed by atoms with Gasteiger partial charge in [-0.3, -0.25) is 4.79 Å². The summed E-state index contributed by atoms with van der Waals surface area (Å²) in [7, 11) is 0. The maximum Gasteiger partial charge on any atom is 0.261 e. The maximum atomic E-state index is 11.8. The number of amides is 1. The molecular formula is C13H21NOS2. The molecule has 1 aromatic rings. The molecule has 0 aliphatic heterocycles. The van der Waals surface area contributed by atoms with Gasteiger partial charge in [0.1, 0.15) is 0 Å². The first-order chi connectivity index (χ1) is 8.17. The molecule has 0 radical (unpaired) electrons. The van der Waals surface area contributed by atoms with E-state index in [1.54, 1.807) is 0 Å². The van der Waals surface area contributed by atoms with Crippen molar-refractivity contribution >= 4 is 29.9 Å². The van der Waals surface area contributed by atoms with E-state index in [4.69, 9.17) is 0 Å². The van der Waals surface area contributed by atoms with E-state index >= 15 is 0 Å². The number of rotatable bonds is 7. The van der Waals surface area contributed by atoms with Gasteiger partial charge in [0.15, 0.2) is 0 Å². The van der Waals surface area contributed by atoms with Crippen molar-refractivity contribution < 1.29 is 4.79 Å². The van der Waals surface area contributed by atoms with E-state index in [9.17, 15) is 4.79 Å². The summed E-state index contributed by atoms with van der Waals surface area (Å²) in [5.41, 5.74) is 0. The molecule has 0 fully saturated rings. The molecule has 0 saturated carbocycles. The van der Waals surface area contributed by atoms with Crippen LogP contribution in [0.2, 0.25) is 0 Å². The fourth-order valence-electron chi connectivity index (χ4n) is 1.71. The Hall–Kier alpha value is -0.480. The Bertz CT molecular complexity index is 349. The number of thiophene rings is 1. The lowest BCUT2D eigenvalue weighted by Crippen LogP contribution is -2.28. The van der Waals surface area contributed by atoms with Gasteiger partial charge in [-0.15, -0.1) is 24.0 Å². The summed E-state index contributed by atoms with van der Waals surface area (Å²) in [6.07, 6.45) is 4.80. The number of hydrogen-bond acceptors (Lipinski definition) is 3. The van der Waals surface area contributed by atoms with E-state index in [1.165, 1.54) is 30.6 Å². The number of nitrogens with one attached hydrogen (secondary N) is 1. The van der Waals surface area contributed by atoms with Gasteiger partial charge in [-0.05, 0) is 18.4 Å². The Labute approximate surface area is 113 Å². The molecule has 2 nitrogen and oxygen atoms in total. The Morgan fingerprint density at radius 2 is 2.29 bits per heavy atom. The number of carbonyl (C=O) groups excluding carboxylic acids is 1. The van der Waals surface area contributed by atoms with E-state index in [0.29, 0.717) is 5.92 Å². The van der Waals surface area contributed by atoms with E-state index in [-0.39, 0.29) is 5.91 Å². The molecule has 1 rings (SSSR count). The fraction of sp³-hybridized carbons (Fsp3) is 0.615. The Kier molecular flexibility index (Phi) is 6.66. The van der Waals surface area contributed by atoms with E-state index < -0.39 is 0 Å². The van der Waals surface area contributed by atoms with E-state index in [1.807, 2.05) is 11.4 Å². The van der Waals surface area contributed by atoms with Crippen molar-refractivity contribution in [2.45, 2.75) is 44.4 Å². The first-order valence-electron chi connectivity index (χ1n) is 6.23. The minimum atomic E-state index is 0.0326. The highest BCUT2D eigenvalue weighted by Gasteiger charge is 2.11. The molecule has 1 N–H and O–H groups in total. The number of hydrogen-bond donors (Lipinski definition) is 2. The van der Waals surface area contributed by atoms with Crippen molar-refractivity contribution in [3.8, 4) is 0 Å². The molecule has 0 aromatic carbocycles. The highest BCUT2D eigenvalue weighted by Crippen LogP contribution is 2.18. The van der Waals surface area contributed by atoms with Crippen LogP contribution in [0, 0.1) is 5.92 Å². The quantitative estimate of drug-likeness (QED) is 0.722. The van der Waals surface area contributed by atoms with Crippen molar-refractivity contribution in [3.63, 3.8) is 0 Å². The third kappa shape index (κ3) is 5.13. The summed E-state index contributed by atoms with van der Waals surface area (Å²) in [6, 6.07) is 1.82. The number of thiol groups is 1. The van der Waals surface area contributed by atoms with Crippen LogP contribution in [0.5, 0.6) is 0 Å². The van der Waals surface area contributed by atoms with Crippen molar-refractivity contribution in [1.29, 1.82) is 0 Å². The lowest BCUT2D eigenvalue weighted by Gasteiger charge is -2.14. The largest absolute Gasteiger partial charge is 0.351 e. The second-order valence-electron chi connectivity index (χ2n) is 4.30. The van der Waals surface area contributed by atoms with Gasteiger partial charge in [-0.2, -0.15) is 0 Å². The normalized spacial score (nSPS) is 12.4. The topological polar surface area (TPSA) is 29.1 Å². The molecule has 1 aromatic heterocycles. The standard InChI is InChI=1S/C13H21NOS2/c1-3-5-6-10(4-2)8-14-13(15)12-7-11(16)9-17-12/h7,9-10,16H,3-6,8H2,1-2H3,(H,14,15). The second kappa shape index (κ2) is 7.77. The van der Waals surface area contributed by atoms with Gasteiger partial charge in [-0.1, -0.05) is 33.1 Å². The van der Waals surface area contributed by atoms with Crippen LogP contribution in [0.1, 0.15) is 49.2 Å². The van der Waals surface area contributed by atoms with Gasteiger partial charge in [-0.25, -0.2) is 0 Å². The lowest BCUT2D eigenvalue weighted by atomic mass is 9.99. The van der Waals surface area contributed by atoms with Crippen molar-refractivity contribution in [1.82, 2.24) is 5.32 Å². The molecule has 4 heteroatoms. The molecule has 1 atom stereocenters. The Morgan fingerprint density at radius 3 is 2.82 bits per heavy atom. The van der Waals surface area contributed by atoms with Gasteiger partial charge in [0, 0.05) is 16.8 Å². The minimum Gasteiger partial charge on any atom is -0.351 e. The predicted octanol–water partition coefficient (Wildman–Crippen LogP) is 3.98. The third-order valence-corrected chi connectivity index (χ3v) is 4.27. The van der Waals surface area contributed by atoms with Crippen LogP contribution in [0.25, 0.3) is 0 Å². The summed E-state index contributed by atoms with van der Waals surface area (Å²) in [4.78, 5) is 13.4. The summed E-state index contributed by atoms with van der Waals surface area (Å²) in [6.45, 7) is 5.17. The van der Waals surface area contributed by atoms with E-state index in [2.05, 4.69) is 31.8 Å². The molecule has 0 saturated heterocycles. The van der Waals surface area contributed by atoms with Crippen LogP contribution in [-0.2, 0) is 0 Å². The smallest absolute Gasteiger partial charge is 0.261 e. The summed E-state index contributed by atoms with van der Waals surface area (Å²) >= 11 is 5.65. The van der Waals surface area contributed by atoms with Gasteiger partial charge in [0.2, 0.25) is 0 Å². The Morgan fingerprint density at radius 1 is 1.53 bits per heavy atom. The van der Waals surface area contributed by atoms with Crippen molar-refractivity contribution in [2.75, 3.05) is 6.54 Å². The minimum absolute atomic E-state index is 0.0326. The first kappa shape index (κ1) is 14.6. The summed E-state index contributed by atoms with van der Waals surface area (Å²) in [5.74, 6) is 0.639. The van der Waals surface area contributed by atoms with Crippen LogP contribution in [0.3, 0.4) is 0 Å². The molecular weight excluding hydrogens is 250 g/mol. The maximum absolute atomic E-state index is 11.8. The second-order valence-corrected chi connectivity index (χ2v) is 5.72. The zero-order valence-electron chi connectivity index (χ0n) is 10.5. The van der Waals surface area contributed by atoms with Gasteiger partial charge >= 0.3 is 0 Å². The zero-order chi connectivity index (χ0) is 12.7. The molecule has 0 bridgehead atoms. The molecule has 0 spiro atoms. The van der Waals surface area contributed by atoms with Crippen LogP contribution >= 0.6 is 24.0 Å². The van der Waals surface area contributed by atoms with Crippen molar-refractivity contribution in [2.24, 2.45) is 5.92 Å². The van der Waals surface area contributed by atoms with Crippen LogP contribution < -0.4 is 5.32 Å². The average Bonchev–Trinajstić information content (AvgIpc) is 2.76. The fourth-order valence-corrected chi connectivity index (χ4v) is 2.78. The Balaban J connectivity index is 2.36. The van der Waals surface area contributed by atoms with Crippen LogP contribution in [0.4, 0.5) is 0 Å². The van der Waals surface area contributed by atoms with Gasteiger partial charge < -0.3 is 5.32 Å². The van der Waals surface area contributed by atoms with Crippen molar-refractivity contribution in [3.05, 3.63) is 16.3 Å². The molecule has 1 unspecified atom stereocenters. The highest BCUT2D eigenvalue weighted by atomic mass is 32.1. The molecule has 0 aliphatic carbocycles. The molecule has 17 heavy (non-hydrogen) atoms. The lowest BCUT2D eigenvalue weighted by molar-refractivity contribution is 0.0950. The number of carbonyl (C=O) groups is 1. The van der Waals surface area contributed by atoms with Gasteiger partial charge in [0.05, 0.1) is 4.88 Å². The number of unbranched alkanes of at least 4 members (excludes halogenated alkanes) is 1. The van der Waals surface area contributed by atoms with Crippen LogP contribution in [-0.4, -0.2) is 12.5 Å². The SMILES string of the molecule is CCCCC(CC)CNC(=O)c1cc(S)cs1. The first-order valence-corrected chi connectivity index (χ1v) is 7.55. The third-order valence-electron chi connectivity index (χ3n) is 2.90. The monoisotopic (exact) mass is 271 g/mol. The molecule has 1 amide bonds. The van der Waals surface area contributed by atoms with Crippen LogP contribution in [0.15, 0.2) is 16.3 Å². The molecule has 0 aliphatic rings. The van der Waals surface area contributed by atoms with E-state index in [0.717, 1.165) is 22.7 Å². The molecule has 1 heterocycles. The molecule has 96 valence electrons. The average molecular weight is 271 g/mol. The van der Waals surface area contributed by atoms with Gasteiger partial charge in [0.25, 0.3) is 5.91 Å².